The van der Waals surface area contributed by atoms with E-state index in [4.69, 9.17) is 9.47 Å². The lowest BCUT2D eigenvalue weighted by atomic mass is 10.2. The molecule has 3 rings (SSSR count). The number of thioether (sulfide) groups is 1. The highest BCUT2D eigenvalue weighted by Gasteiger charge is 2.25. The average molecular weight is 401 g/mol. The summed E-state index contributed by atoms with van der Waals surface area (Å²) in [5.41, 5.74) is 0.416. The molecule has 2 fully saturated rings. The predicted octanol–water partition coefficient (Wildman–Crippen LogP) is 1.34. The van der Waals surface area contributed by atoms with Crippen LogP contribution in [0.15, 0.2) is 28.0 Å². The number of amides is 1. The van der Waals surface area contributed by atoms with Gasteiger partial charge in [0, 0.05) is 31.1 Å². The zero-order chi connectivity index (χ0) is 18.6. The fourth-order valence-corrected chi connectivity index (χ4v) is 4.71. The summed E-state index contributed by atoms with van der Waals surface area (Å²) in [6.07, 6.45) is 3.60. The molecule has 0 saturated carbocycles. The monoisotopic (exact) mass is 400 g/mol. The SMILES string of the molecule is CSc1ccc(S(=O)(=O)NCC2CCCO2)cc1C(=O)N1CCOCC1. The lowest BCUT2D eigenvalue weighted by Crippen LogP contribution is -2.41. The Kier molecular flexibility index (Phi) is 6.57. The van der Waals surface area contributed by atoms with E-state index in [1.807, 2.05) is 6.26 Å². The maximum atomic E-state index is 12.8. The van der Waals surface area contributed by atoms with Gasteiger partial charge in [0.1, 0.15) is 0 Å². The number of hydrogen-bond donors (Lipinski definition) is 1. The van der Waals surface area contributed by atoms with Crippen molar-refractivity contribution in [1.29, 1.82) is 0 Å². The summed E-state index contributed by atoms with van der Waals surface area (Å²) >= 11 is 1.43. The van der Waals surface area contributed by atoms with Crippen LogP contribution in [-0.4, -0.2) is 71.0 Å². The van der Waals surface area contributed by atoms with Crippen LogP contribution in [0.25, 0.3) is 0 Å². The number of carbonyl (C=O) groups excluding carboxylic acids is 1. The smallest absolute Gasteiger partial charge is 0.255 e. The van der Waals surface area contributed by atoms with Crippen LogP contribution in [0.4, 0.5) is 0 Å². The van der Waals surface area contributed by atoms with E-state index in [0.717, 1.165) is 17.7 Å². The molecule has 2 aliphatic heterocycles. The zero-order valence-electron chi connectivity index (χ0n) is 14.8. The number of benzene rings is 1. The summed E-state index contributed by atoms with van der Waals surface area (Å²) in [5.74, 6) is -0.158. The highest BCUT2D eigenvalue weighted by molar-refractivity contribution is 7.98. The molecule has 1 unspecified atom stereocenters. The van der Waals surface area contributed by atoms with E-state index in [1.165, 1.54) is 17.8 Å². The molecular weight excluding hydrogens is 376 g/mol. The van der Waals surface area contributed by atoms with E-state index >= 15 is 0 Å². The molecule has 1 N–H and O–H groups in total. The van der Waals surface area contributed by atoms with Gasteiger partial charge in [0.15, 0.2) is 0 Å². The minimum absolute atomic E-state index is 0.0790. The summed E-state index contributed by atoms with van der Waals surface area (Å²) in [4.78, 5) is 15.4. The van der Waals surface area contributed by atoms with Crippen molar-refractivity contribution < 1.29 is 22.7 Å². The van der Waals surface area contributed by atoms with Crippen LogP contribution in [-0.2, 0) is 19.5 Å². The Morgan fingerprint density at radius 1 is 1.31 bits per heavy atom. The predicted molar refractivity (Wildman–Crippen MR) is 99.1 cm³/mol. The summed E-state index contributed by atoms with van der Waals surface area (Å²) in [7, 11) is -3.69. The topological polar surface area (TPSA) is 84.9 Å². The number of nitrogens with zero attached hydrogens (tertiary/aromatic N) is 1. The van der Waals surface area contributed by atoms with Crippen LogP contribution < -0.4 is 4.72 Å². The quantitative estimate of drug-likeness (QED) is 0.726. The molecule has 0 aliphatic carbocycles. The first-order chi connectivity index (χ1) is 12.5. The molecule has 1 amide bonds. The minimum Gasteiger partial charge on any atom is -0.378 e. The first-order valence-electron chi connectivity index (χ1n) is 8.67. The van der Waals surface area contributed by atoms with Crippen molar-refractivity contribution in [3.63, 3.8) is 0 Å². The summed E-state index contributed by atoms with van der Waals surface area (Å²) in [6, 6.07) is 4.71. The fourth-order valence-electron chi connectivity index (χ4n) is 3.05. The summed E-state index contributed by atoms with van der Waals surface area (Å²) in [5, 5.41) is 0. The highest BCUT2D eigenvalue weighted by atomic mass is 32.2. The Morgan fingerprint density at radius 3 is 2.73 bits per heavy atom. The van der Waals surface area contributed by atoms with Gasteiger partial charge in [-0.1, -0.05) is 0 Å². The second-order valence-electron chi connectivity index (χ2n) is 6.25. The van der Waals surface area contributed by atoms with Gasteiger partial charge in [-0.15, -0.1) is 11.8 Å². The minimum atomic E-state index is -3.69. The second kappa shape index (κ2) is 8.71. The van der Waals surface area contributed by atoms with E-state index in [-0.39, 0.29) is 23.5 Å². The van der Waals surface area contributed by atoms with Gasteiger partial charge in [-0.25, -0.2) is 13.1 Å². The second-order valence-corrected chi connectivity index (χ2v) is 8.87. The maximum Gasteiger partial charge on any atom is 0.255 e. The van der Waals surface area contributed by atoms with Crippen LogP contribution in [0, 0.1) is 0 Å². The average Bonchev–Trinajstić information content (AvgIpc) is 3.20. The van der Waals surface area contributed by atoms with Crippen LogP contribution >= 0.6 is 11.8 Å². The number of hydrogen-bond acceptors (Lipinski definition) is 6. The molecule has 7 nitrogen and oxygen atoms in total. The lowest BCUT2D eigenvalue weighted by Gasteiger charge is -2.27. The normalized spacial score (nSPS) is 21.1. The Hall–Kier alpha value is -1.13. The molecule has 2 heterocycles. The van der Waals surface area contributed by atoms with Crippen molar-refractivity contribution in [3.8, 4) is 0 Å². The van der Waals surface area contributed by atoms with Crippen molar-refractivity contribution >= 4 is 27.7 Å². The van der Waals surface area contributed by atoms with Gasteiger partial charge in [0.25, 0.3) is 5.91 Å². The molecule has 0 spiro atoms. The van der Waals surface area contributed by atoms with Gasteiger partial charge in [-0.2, -0.15) is 0 Å². The van der Waals surface area contributed by atoms with Crippen molar-refractivity contribution in [1.82, 2.24) is 9.62 Å². The molecule has 0 aromatic heterocycles. The Balaban J connectivity index is 1.80. The van der Waals surface area contributed by atoms with Crippen molar-refractivity contribution in [2.75, 3.05) is 45.7 Å². The van der Waals surface area contributed by atoms with Crippen LogP contribution in [0.1, 0.15) is 23.2 Å². The third-order valence-electron chi connectivity index (χ3n) is 4.53. The molecule has 1 aromatic carbocycles. The van der Waals surface area contributed by atoms with Gasteiger partial charge >= 0.3 is 0 Å². The highest BCUT2D eigenvalue weighted by Crippen LogP contribution is 2.25. The fraction of sp³-hybridized carbons (Fsp3) is 0.588. The first kappa shape index (κ1) is 19.6. The molecule has 1 atom stereocenters. The largest absolute Gasteiger partial charge is 0.378 e. The number of carbonyl (C=O) groups is 1. The van der Waals surface area contributed by atoms with Crippen molar-refractivity contribution in [2.24, 2.45) is 0 Å². The van der Waals surface area contributed by atoms with E-state index in [1.54, 1.807) is 17.0 Å². The standard InChI is InChI=1S/C17H24N2O5S2/c1-25-16-5-4-14(26(21,22)18-12-13-3-2-8-24-13)11-15(16)17(20)19-6-9-23-10-7-19/h4-5,11,13,18H,2-3,6-10,12H2,1H3. The van der Waals surface area contributed by atoms with Crippen LogP contribution in [0.3, 0.4) is 0 Å². The molecule has 2 saturated heterocycles. The third-order valence-corrected chi connectivity index (χ3v) is 6.75. The maximum absolute atomic E-state index is 12.8. The lowest BCUT2D eigenvalue weighted by molar-refractivity contribution is 0.0300. The number of rotatable bonds is 6. The van der Waals surface area contributed by atoms with Gasteiger partial charge in [0.05, 0.1) is 29.8 Å². The zero-order valence-corrected chi connectivity index (χ0v) is 16.4. The molecule has 0 bridgehead atoms. The molecule has 1 aromatic rings. The molecule has 0 radical (unpaired) electrons. The molecule has 2 aliphatic rings. The molecule has 9 heteroatoms. The van der Waals surface area contributed by atoms with Crippen molar-refractivity contribution in [3.05, 3.63) is 23.8 Å². The van der Waals surface area contributed by atoms with Crippen LogP contribution in [0.5, 0.6) is 0 Å². The number of morpholine rings is 1. The Morgan fingerprint density at radius 2 is 2.08 bits per heavy atom. The molecule has 144 valence electrons. The number of ether oxygens (including phenoxy) is 2. The van der Waals surface area contributed by atoms with Gasteiger partial charge in [-0.3, -0.25) is 4.79 Å². The van der Waals surface area contributed by atoms with E-state index in [9.17, 15) is 13.2 Å². The Labute approximate surface area is 158 Å². The van der Waals surface area contributed by atoms with Crippen molar-refractivity contribution in [2.45, 2.75) is 28.7 Å². The molecular formula is C17H24N2O5S2. The Bertz CT molecular complexity index is 742. The van der Waals surface area contributed by atoms with Gasteiger partial charge in [-0.05, 0) is 37.3 Å². The van der Waals surface area contributed by atoms with E-state index < -0.39 is 10.0 Å². The summed E-state index contributed by atoms with van der Waals surface area (Å²) < 4.78 is 38.6. The van der Waals surface area contributed by atoms with E-state index in [0.29, 0.717) is 38.5 Å². The van der Waals surface area contributed by atoms with Gasteiger partial charge < -0.3 is 14.4 Å². The van der Waals surface area contributed by atoms with E-state index in [2.05, 4.69) is 4.72 Å². The number of nitrogens with one attached hydrogen (secondary N) is 1. The molecule has 26 heavy (non-hydrogen) atoms. The summed E-state index contributed by atoms with van der Waals surface area (Å²) in [6.45, 7) is 2.96. The van der Waals surface area contributed by atoms with Crippen LogP contribution in [0.2, 0.25) is 0 Å². The van der Waals surface area contributed by atoms with Gasteiger partial charge in [0.2, 0.25) is 10.0 Å². The first-order valence-corrected chi connectivity index (χ1v) is 11.4. The third kappa shape index (κ3) is 4.58. The number of sulfonamides is 1.